The molecule has 0 aliphatic carbocycles. The molecule has 2 N–H and O–H groups in total. The van der Waals surface area contributed by atoms with Crippen LogP contribution in [0.5, 0.6) is 0 Å². The van der Waals surface area contributed by atoms with E-state index in [9.17, 15) is 8.42 Å². The number of fused-ring (bicyclic) bond motifs is 1. The number of halogens is 1. The largest absolute Gasteiger partial charge is 0.429 e. The summed E-state index contributed by atoms with van der Waals surface area (Å²) in [5.74, 6) is 0. The first kappa shape index (κ1) is 14.1. The number of benzene rings is 2. The van der Waals surface area contributed by atoms with Gasteiger partial charge in [0.2, 0.25) is 0 Å². The highest BCUT2D eigenvalue weighted by Gasteiger charge is 2.16. The van der Waals surface area contributed by atoms with E-state index in [0.29, 0.717) is 21.8 Å². The Balaban J connectivity index is 2.03. The highest BCUT2D eigenvalue weighted by molar-refractivity contribution is 7.92. The minimum atomic E-state index is -3.75. The summed E-state index contributed by atoms with van der Waals surface area (Å²) < 4.78 is 32.4. The van der Waals surface area contributed by atoms with E-state index in [-0.39, 0.29) is 9.73 Å². The summed E-state index contributed by atoms with van der Waals surface area (Å²) in [5.41, 5.74) is 1.33. The summed E-state index contributed by atoms with van der Waals surface area (Å²) in [4.78, 5) is 3.05. The first-order valence-corrected chi connectivity index (χ1v) is 8.13. The predicted molar refractivity (Wildman–Crippen MR) is 83.7 cm³/mol. The van der Waals surface area contributed by atoms with E-state index < -0.39 is 10.0 Å². The minimum absolute atomic E-state index is 0.0852. The second kappa shape index (κ2) is 5.18. The van der Waals surface area contributed by atoms with Crippen LogP contribution >= 0.6 is 23.8 Å². The maximum absolute atomic E-state index is 12.4. The maximum atomic E-state index is 12.4. The number of hydrogen-bond donors (Lipinski definition) is 2. The van der Waals surface area contributed by atoms with Crippen molar-refractivity contribution in [3.05, 3.63) is 52.3 Å². The molecule has 0 saturated heterocycles. The topological polar surface area (TPSA) is 75.1 Å². The lowest BCUT2D eigenvalue weighted by Crippen LogP contribution is -2.13. The van der Waals surface area contributed by atoms with Gasteiger partial charge in [-0.3, -0.25) is 4.72 Å². The van der Waals surface area contributed by atoms with Crippen LogP contribution in [-0.2, 0) is 10.0 Å². The van der Waals surface area contributed by atoms with E-state index in [0.717, 1.165) is 0 Å². The zero-order chi connectivity index (χ0) is 15.0. The molecule has 3 rings (SSSR count). The molecule has 5 nitrogen and oxygen atoms in total. The van der Waals surface area contributed by atoms with Gasteiger partial charge in [0.15, 0.2) is 5.58 Å². The third-order valence-electron chi connectivity index (χ3n) is 2.82. The van der Waals surface area contributed by atoms with Crippen LogP contribution in [0.1, 0.15) is 0 Å². The van der Waals surface area contributed by atoms with Gasteiger partial charge in [0, 0.05) is 0 Å². The molecule has 3 aromatic rings. The Hall–Kier alpha value is -1.83. The van der Waals surface area contributed by atoms with Gasteiger partial charge in [0.25, 0.3) is 14.9 Å². The maximum Gasteiger partial charge on any atom is 0.266 e. The van der Waals surface area contributed by atoms with Gasteiger partial charge >= 0.3 is 0 Å². The molecule has 0 amide bonds. The zero-order valence-corrected chi connectivity index (χ0v) is 12.8. The van der Waals surface area contributed by atoms with E-state index in [2.05, 4.69) is 9.71 Å². The molecular weight excluding hydrogens is 332 g/mol. The van der Waals surface area contributed by atoms with E-state index in [4.69, 9.17) is 28.2 Å². The van der Waals surface area contributed by atoms with Crippen LogP contribution in [0, 0.1) is 4.84 Å². The van der Waals surface area contributed by atoms with E-state index in [1.54, 1.807) is 30.3 Å². The van der Waals surface area contributed by atoms with Gasteiger partial charge in [0.1, 0.15) is 0 Å². The molecule has 21 heavy (non-hydrogen) atoms. The summed E-state index contributed by atoms with van der Waals surface area (Å²) in [5, 5.41) is 0.324. The molecule has 0 unspecified atom stereocenters. The number of oxazole rings is 1. The Labute approximate surface area is 130 Å². The molecule has 1 aromatic heterocycles. The lowest BCUT2D eigenvalue weighted by Gasteiger charge is -2.09. The Morgan fingerprint density at radius 2 is 1.95 bits per heavy atom. The summed E-state index contributed by atoms with van der Waals surface area (Å²) in [6.45, 7) is 0. The lowest BCUT2D eigenvalue weighted by molar-refractivity contribution is 0.583. The van der Waals surface area contributed by atoms with Crippen molar-refractivity contribution in [2.45, 2.75) is 4.90 Å². The third-order valence-corrected chi connectivity index (χ3v) is 4.70. The van der Waals surface area contributed by atoms with Crippen LogP contribution in [0.3, 0.4) is 0 Å². The number of rotatable bonds is 3. The Morgan fingerprint density at radius 1 is 1.19 bits per heavy atom. The third kappa shape index (κ3) is 2.80. The number of nitrogens with one attached hydrogen (secondary N) is 2. The highest BCUT2D eigenvalue weighted by atomic mass is 35.5. The number of aromatic amines is 1. The van der Waals surface area contributed by atoms with Crippen molar-refractivity contribution in [3.63, 3.8) is 0 Å². The second-order valence-corrected chi connectivity index (χ2v) is 6.72. The van der Waals surface area contributed by atoms with E-state index in [1.165, 1.54) is 12.1 Å². The summed E-state index contributed by atoms with van der Waals surface area (Å²) in [6.07, 6.45) is 0. The first-order chi connectivity index (χ1) is 9.95. The molecule has 0 atom stereocenters. The molecule has 0 aliphatic heterocycles. The Kier molecular flexibility index (Phi) is 3.48. The molecule has 0 fully saturated rings. The van der Waals surface area contributed by atoms with Crippen molar-refractivity contribution in [1.29, 1.82) is 0 Å². The van der Waals surface area contributed by atoms with Gasteiger partial charge in [-0.1, -0.05) is 23.7 Å². The van der Waals surface area contributed by atoms with Crippen LogP contribution in [0.2, 0.25) is 5.02 Å². The summed E-state index contributed by atoms with van der Waals surface area (Å²) in [7, 11) is -3.75. The molecule has 108 valence electrons. The molecule has 0 bridgehead atoms. The van der Waals surface area contributed by atoms with Gasteiger partial charge in [-0.15, -0.1) is 0 Å². The van der Waals surface area contributed by atoms with Gasteiger partial charge in [0.05, 0.1) is 21.1 Å². The van der Waals surface area contributed by atoms with Crippen molar-refractivity contribution in [2.24, 2.45) is 0 Å². The summed E-state index contributed by atoms with van der Waals surface area (Å²) >= 11 is 10.8. The molecule has 8 heteroatoms. The van der Waals surface area contributed by atoms with Crippen molar-refractivity contribution >= 4 is 50.6 Å². The number of anilines is 1. The molecule has 0 saturated carbocycles. The van der Waals surface area contributed by atoms with Gasteiger partial charge in [-0.25, -0.2) is 8.42 Å². The van der Waals surface area contributed by atoms with Gasteiger partial charge < -0.3 is 9.40 Å². The van der Waals surface area contributed by atoms with Crippen LogP contribution in [0.4, 0.5) is 5.69 Å². The second-order valence-electron chi connectivity index (χ2n) is 4.26. The van der Waals surface area contributed by atoms with Crippen molar-refractivity contribution in [2.75, 3.05) is 4.72 Å². The smallest absolute Gasteiger partial charge is 0.266 e. The molecule has 2 aromatic carbocycles. The van der Waals surface area contributed by atoms with Crippen LogP contribution < -0.4 is 4.72 Å². The fraction of sp³-hybridized carbons (Fsp3) is 0. The minimum Gasteiger partial charge on any atom is -0.429 e. The lowest BCUT2D eigenvalue weighted by atomic mass is 10.3. The van der Waals surface area contributed by atoms with Crippen LogP contribution in [-0.4, -0.2) is 13.4 Å². The molecule has 0 radical (unpaired) electrons. The molecule has 0 aliphatic rings. The van der Waals surface area contributed by atoms with Crippen molar-refractivity contribution in [1.82, 2.24) is 4.98 Å². The molecule has 0 spiro atoms. The fourth-order valence-corrected chi connectivity index (χ4v) is 3.39. The average molecular weight is 341 g/mol. The fourth-order valence-electron chi connectivity index (χ4n) is 1.85. The number of para-hydroxylation sites is 1. The van der Waals surface area contributed by atoms with Crippen molar-refractivity contribution in [3.8, 4) is 0 Å². The van der Waals surface area contributed by atoms with Crippen LogP contribution in [0.15, 0.2) is 51.8 Å². The summed E-state index contributed by atoms with van der Waals surface area (Å²) in [6, 6.07) is 11.0. The number of aromatic nitrogens is 1. The van der Waals surface area contributed by atoms with Crippen LogP contribution in [0.25, 0.3) is 11.1 Å². The van der Waals surface area contributed by atoms with Gasteiger partial charge in [-0.05, 0) is 42.5 Å². The Morgan fingerprint density at radius 3 is 2.71 bits per heavy atom. The first-order valence-electron chi connectivity index (χ1n) is 5.86. The standard InChI is InChI=1S/C13H9ClN2O3S2/c14-9-3-1-2-4-10(9)16-21(17,18)8-5-6-12-11(7-8)15-13(20)19-12/h1-7,16H,(H,15,20). The number of sulfonamides is 1. The van der Waals surface area contributed by atoms with E-state index >= 15 is 0 Å². The normalized spacial score (nSPS) is 11.7. The van der Waals surface area contributed by atoms with E-state index in [1.807, 2.05) is 0 Å². The zero-order valence-electron chi connectivity index (χ0n) is 10.5. The number of H-pyrrole nitrogens is 1. The molecule has 1 heterocycles. The SMILES string of the molecule is O=S(=O)(Nc1ccccc1Cl)c1ccc2oc(=S)[nH]c2c1. The highest BCUT2D eigenvalue weighted by Crippen LogP contribution is 2.25. The average Bonchev–Trinajstić information content (AvgIpc) is 2.80. The predicted octanol–water partition coefficient (Wildman–Crippen LogP) is 3.94. The van der Waals surface area contributed by atoms with Gasteiger partial charge in [-0.2, -0.15) is 0 Å². The van der Waals surface area contributed by atoms with Crippen molar-refractivity contribution < 1.29 is 12.8 Å². The monoisotopic (exact) mass is 340 g/mol. The quantitative estimate of drug-likeness (QED) is 0.708. The number of hydrogen-bond acceptors (Lipinski definition) is 4. The Bertz CT molecular complexity index is 976. The molecular formula is C13H9ClN2O3S2.